The third-order valence-electron chi connectivity index (χ3n) is 8.68. The second kappa shape index (κ2) is 8.50. The van der Waals surface area contributed by atoms with Crippen LogP contribution in [0, 0.1) is 19.8 Å². The molecule has 1 heteroatoms. The van der Waals surface area contributed by atoms with E-state index in [1.807, 2.05) is 0 Å². The Kier molecular flexibility index (Phi) is 6.12. The summed E-state index contributed by atoms with van der Waals surface area (Å²) in [5.41, 5.74) is 9.99. The summed E-state index contributed by atoms with van der Waals surface area (Å²) in [5.74, 6) is 0.840. The number of aryl methyl sites for hydroxylation is 2. The van der Waals surface area contributed by atoms with Crippen LogP contribution in [0.1, 0.15) is 77.3 Å². The molecule has 0 nitrogen and oxygen atoms in total. The first-order valence-electron chi connectivity index (χ1n) is 12.1. The molecule has 1 aromatic rings. The molecule has 2 atom stereocenters. The normalized spacial score (nSPS) is 26.7. The van der Waals surface area contributed by atoms with Gasteiger partial charge in [0.25, 0.3) is 0 Å². The lowest BCUT2D eigenvalue weighted by Crippen LogP contribution is -2.50. The summed E-state index contributed by atoms with van der Waals surface area (Å²) in [5, 5.41) is 2.05. The molecule has 0 heterocycles. The van der Waals surface area contributed by atoms with E-state index in [0.29, 0.717) is 10.6 Å². The quantitative estimate of drug-likeness (QED) is 0.443. The fourth-order valence-electron chi connectivity index (χ4n) is 6.97. The van der Waals surface area contributed by atoms with Crippen LogP contribution < -0.4 is 5.19 Å². The fraction of sp³-hybridized carbons (Fsp3) is 0.517. The molecule has 0 radical (unpaired) electrons. The van der Waals surface area contributed by atoms with Gasteiger partial charge in [0, 0.05) is 0 Å². The molecule has 3 aliphatic rings. The Hall–Kier alpha value is -1.60. The van der Waals surface area contributed by atoms with Crippen LogP contribution in [0.3, 0.4) is 0 Å². The molecule has 1 fully saturated rings. The number of hydrogen-bond acceptors (Lipinski definition) is 0. The van der Waals surface area contributed by atoms with Gasteiger partial charge in [-0.15, -0.1) is 0 Å². The van der Waals surface area contributed by atoms with Crippen molar-refractivity contribution in [3.63, 3.8) is 0 Å². The van der Waals surface area contributed by atoms with E-state index in [4.69, 9.17) is 0 Å². The first-order chi connectivity index (χ1) is 14.3. The highest BCUT2D eigenvalue weighted by Gasteiger charge is 2.50. The summed E-state index contributed by atoms with van der Waals surface area (Å²) in [6.07, 6.45) is 18.2. The van der Waals surface area contributed by atoms with Crippen molar-refractivity contribution in [3.05, 3.63) is 75.9 Å². The van der Waals surface area contributed by atoms with E-state index in [2.05, 4.69) is 84.0 Å². The van der Waals surface area contributed by atoms with Crippen LogP contribution >= 0.6 is 0 Å². The zero-order valence-corrected chi connectivity index (χ0v) is 21.2. The predicted octanol–water partition coefficient (Wildman–Crippen LogP) is 7.63. The Labute approximate surface area is 186 Å². The third-order valence-corrected chi connectivity index (χ3v) is 13.5. The zero-order valence-electron chi connectivity index (χ0n) is 20.0. The maximum atomic E-state index is 2.70. The number of rotatable bonds is 4. The topological polar surface area (TPSA) is 0 Å². The predicted molar refractivity (Wildman–Crippen MR) is 135 cm³/mol. The van der Waals surface area contributed by atoms with Crippen molar-refractivity contribution < 1.29 is 0 Å². The van der Waals surface area contributed by atoms with Gasteiger partial charge in [0.2, 0.25) is 0 Å². The molecule has 0 bridgehead atoms. The molecule has 160 valence electrons. The Morgan fingerprint density at radius 1 is 0.767 bits per heavy atom. The molecule has 30 heavy (non-hydrogen) atoms. The molecular formula is C29H40Si. The van der Waals surface area contributed by atoms with Crippen molar-refractivity contribution in [1.82, 2.24) is 0 Å². The van der Waals surface area contributed by atoms with Crippen LogP contribution in [0.15, 0.2) is 64.8 Å². The fourth-order valence-corrected chi connectivity index (χ4v) is 12.5. The summed E-state index contributed by atoms with van der Waals surface area (Å²) in [4.78, 5) is 0. The van der Waals surface area contributed by atoms with Crippen LogP contribution in [0.25, 0.3) is 0 Å². The molecular weight excluding hydrogens is 376 g/mol. The van der Waals surface area contributed by atoms with Gasteiger partial charge < -0.3 is 0 Å². The van der Waals surface area contributed by atoms with E-state index in [9.17, 15) is 0 Å². The van der Waals surface area contributed by atoms with Crippen LogP contribution in [0.5, 0.6) is 0 Å². The Balaban J connectivity index is 1.94. The molecule has 1 saturated carbocycles. The lowest BCUT2D eigenvalue weighted by Gasteiger charge is -2.49. The average molecular weight is 417 g/mol. The van der Waals surface area contributed by atoms with Crippen molar-refractivity contribution in [2.24, 2.45) is 5.92 Å². The van der Waals surface area contributed by atoms with E-state index in [0.717, 1.165) is 5.92 Å². The Morgan fingerprint density at radius 2 is 1.37 bits per heavy atom. The van der Waals surface area contributed by atoms with Gasteiger partial charge in [-0.05, 0) is 88.4 Å². The number of benzene rings is 1. The lowest BCUT2D eigenvalue weighted by molar-refractivity contribution is 0.293. The molecule has 0 saturated heterocycles. The van der Waals surface area contributed by atoms with E-state index < -0.39 is 8.80 Å². The Morgan fingerprint density at radius 3 is 1.90 bits per heavy atom. The van der Waals surface area contributed by atoms with E-state index in [1.165, 1.54) is 49.7 Å². The molecule has 0 aliphatic heterocycles. The van der Waals surface area contributed by atoms with Gasteiger partial charge in [0.15, 0.2) is 0 Å². The lowest BCUT2D eigenvalue weighted by atomic mass is 9.76. The minimum atomic E-state index is -1.44. The van der Waals surface area contributed by atoms with Crippen molar-refractivity contribution in [1.29, 1.82) is 0 Å². The van der Waals surface area contributed by atoms with E-state index in [1.54, 1.807) is 27.5 Å². The molecule has 2 unspecified atom stereocenters. The average Bonchev–Trinajstić information content (AvgIpc) is 2.93. The maximum Gasteiger partial charge on any atom is 0.0927 e. The van der Waals surface area contributed by atoms with Gasteiger partial charge in [0.05, 0.1) is 8.80 Å². The zero-order chi connectivity index (χ0) is 21.5. The second-order valence-electron chi connectivity index (χ2n) is 10.4. The molecule has 4 rings (SSSR count). The number of hydrogen-bond donors (Lipinski definition) is 0. The summed E-state index contributed by atoms with van der Waals surface area (Å²) in [6.45, 7) is 14.2. The van der Waals surface area contributed by atoms with Gasteiger partial charge in [-0.1, -0.05) is 89.2 Å². The molecule has 1 aromatic carbocycles. The van der Waals surface area contributed by atoms with Crippen molar-refractivity contribution in [2.75, 3.05) is 0 Å². The van der Waals surface area contributed by atoms with Crippen molar-refractivity contribution in [2.45, 2.75) is 90.6 Å². The van der Waals surface area contributed by atoms with Gasteiger partial charge >= 0.3 is 0 Å². The van der Waals surface area contributed by atoms with Crippen molar-refractivity contribution in [3.8, 4) is 0 Å². The molecule has 3 aliphatic carbocycles. The van der Waals surface area contributed by atoms with E-state index in [-0.39, 0.29) is 0 Å². The summed E-state index contributed by atoms with van der Waals surface area (Å²) in [6, 6.07) is 7.48. The van der Waals surface area contributed by atoms with Crippen LogP contribution in [0.2, 0.25) is 10.6 Å². The standard InChI is InChI=1S/C29H40Si/c1-20-17-21(2)19-27(18-20)30(28-24(5)22(3)23(4)25(28)6)29(15-11-8-12-16-29)26-13-9-7-10-14-26/h8,11-12,15,17-19,26,28,30H,7,9-10,13-14,16H2,1-6H3. The van der Waals surface area contributed by atoms with Crippen molar-refractivity contribution >= 4 is 14.0 Å². The van der Waals surface area contributed by atoms with Gasteiger partial charge in [-0.2, -0.15) is 0 Å². The van der Waals surface area contributed by atoms with Crippen LogP contribution in [0.4, 0.5) is 0 Å². The maximum absolute atomic E-state index is 2.70. The summed E-state index contributed by atoms with van der Waals surface area (Å²) < 4.78 is 0. The molecule has 0 N–H and O–H groups in total. The minimum absolute atomic E-state index is 0.355. The largest absolute Gasteiger partial charge is 0.0927 e. The van der Waals surface area contributed by atoms with Gasteiger partial charge in [0.1, 0.15) is 0 Å². The third kappa shape index (κ3) is 3.64. The molecule has 0 amide bonds. The van der Waals surface area contributed by atoms with E-state index >= 15 is 0 Å². The van der Waals surface area contributed by atoms with Gasteiger partial charge in [-0.25, -0.2) is 0 Å². The first-order valence-corrected chi connectivity index (χ1v) is 13.9. The molecule has 0 spiro atoms. The van der Waals surface area contributed by atoms with Gasteiger partial charge in [-0.3, -0.25) is 0 Å². The smallest absolute Gasteiger partial charge is 0.0840 e. The highest BCUT2D eigenvalue weighted by Crippen LogP contribution is 2.58. The second-order valence-corrected chi connectivity index (χ2v) is 13.8. The highest BCUT2D eigenvalue weighted by atomic mass is 28.3. The van der Waals surface area contributed by atoms with Crippen LogP contribution in [-0.2, 0) is 0 Å². The van der Waals surface area contributed by atoms with Crippen LogP contribution in [-0.4, -0.2) is 8.80 Å². The Bertz CT molecular complexity index is 891. The minimum Gasteiger partial charge on any atom is -0.0840 e. The number of allylic oxidation sites excluding steroid dienone is 8. The monoisotopic (exact) mass is 416 g/mol. The highest BCUT2D eigenvalue weighted by molar-refractivity contribution is 6.79. The molecule has 0 aromatic heterocycles. The summed E-state index contributed by atoms with van der Waals surface area (Å²) in [7, 11) is -1.44. The SMILES string of the molecule is CC1=C(C)C([SiH](c2cc(C)cc(C)c2)C2(C3CCCCC3)C=CC=CC2)C(C)=C1C. The first kappa shape index (κ1) is 21.6. The summed E-state index contributed by atoms with van der Waals surface area (Å²) >= 11 is 0.